The number of halogens is 1. The predicted molar refractivity (Wildman–Crippen MR) is 116 cm³/mol. The second-order valence-electron chi connectivity index (χ2n) is 7.13. The average molecular weight is 392 g/mol. The molecule has 1 aliphatic heterocycles. The van der Waals surface area contributed by atoms with E-state index in [9.17, 15) is 0 Å². The van der Waals surface area contributed by atoms with Gasteiger partial charge in [0.1, 0.15) is 17.9 Å². The molecular weight excluding hydrogens is 367 g/mol. The number of ether oxygens (including phenoxy) is 1. The van der Waals surface area contributed by atoms with Crippen LogP contribution in [-0.4, -0.2) is 54.7 Å². The van der Waals surface area contributed by atoms with Gasteiger partial charge < -0.3 is 14.5 Å². The summed E-state index contributed by atoms with van der Waals surface area (Å²) in [4.78, 5) is 13.3. The zero-order valence-corrected chi connectivity index (χ0v) is 16.9. The number of aromatic nitrogens is 2. The van der Waals surface area contributed by atoms with Gasteiger partial charge in [-0.3, -0.25) is 0 Å². The van der Waals surface area contributed by atoms with E-state index >= 15 is 4.39 Å². The maximum absolute atomic E-state index is 15.0. The zero-order valence-electron chi connectivity index (χ0n) is 16.9. The lowest BCUT2D eigenvalue weighted by Crippen LogP contribution is -2.46. The normalized spacial score (nSPS) is 14.9. The van der Waals surface area contributed by atoms with Gasteiger partial charge in [0.15, 0.2) is 0 Å². The first kappa shape index (κ1) is 19.3. The Morgan fingerprint density at radius 3 is 2.59 bits per heavy atom. The standard InChI is InChI=1S/C23H25FN4O/c1-4-16-12-18-20(14-22(16)29-3)25-15-26-23(18)17-6-7-21(19(24)13-17)28-10-8-27(5-2)9-11-28/h4,6-7,12-15H,1,5,8-11H2,2-3H3. The van der Waals surface area contributed by atoms with E-state index in [4.69, 9.17) is 4.74 Å². The van der Waals surface area contributed by atoms with Crippen molar-refractivity contribution in [1.82, 2.24) is 14.9 Å². The fourth-order valence-corrected chi connectivity index (χ4v) is 3.88. The Morgan fingerprint density at radius 1 is 1.14 bits per heavy atom. The number of piperazine rings is 1. The van der Waals surface area contributed by atoms with Gasteiger partial charge >= 0.3 is 0 Å². The van der Waals surface area contributed by atoms with Crippen molar-refractivity contribution in [2.45, 2.75) is 6.92 Å². The second kappa shape index (κ2) is 8.17. The summed E-state index contributed by atoms with van der Waals surface area (Å²) in [6, 6.07) is 9.16. The van der Waals surface area contributed by atoms with Crippen molar-refractivity contribution in [2.24, 2.45) is 0 Å². The van der Waals surface area contributed by atoms with E-state index in [1.807, 2.05) is 24.3 Å². The Hall–Kier alpha value is -2.99. The minimum absolute atomic E-state index is 0.225. The second-order valence-corrected chi connectivity index (χ2v) is 7.13. The molecule has 0 saturated carbocycles. The average Bonchev–Trinajstić information content (AvgIpc) is 2.77. The number of hydrogen-bond donors (Lipinski definition) is 0. The van der Waals surface area contributed by atoms with Crippen molar-refractivity contribution >= 4 is 22.7 Å². The molecular formula is C23H25FN4O. The first-order valence-corrected chi connectivity index (χ1v) is 9.87. The molecule has 0 unspecified atom stereocenters. The van der Waals surface area contributed by atoms with Gasteiger partial charge in [-0.25, -0.2) is 14.4 Å². The molecule has 0 atom stereocenters. The van der Waals surface area contributed by atoms with Crippen LogP contribution in [0.4, 0.5) is 10.1 Å². The summed E-state index contributed by atoms with van der Waals surface area (Å²) in [7, 11) is 1.62. The molecule has 0 N–H and O–H groups in total. The summed E-state index contributed by atoms with van der Waals surface area (Å²) in [5.74, 6) is 0.474. The third kappa shape index (κ3) is 3.68. The molecule has 0 radical (unpaired) electrons. The van der Waals surface area contributed by atoms with Gasteiger partial charge in [0.25, 0.3) is 0 Å². The molecule has 150 valence electrons. The van der Waals surface area contributed by atoms with Crippen LogP contribution >= 0.6 is 0 Å². The molecule has 6 heteroatoms. The molecule has 4 rings (SSSR count). The Bertz CT molecular complexity index is 1040. The smallest absolute Gasteiger partial charge is 0.147 e. The number of fused-ring (bicyclic) bond motifs is 1. The fourth-order valence-electron chi connectivity index (χ4n) is 3.88. The molecule has 0 bridgehead atoms. The van der Waals surface area contributed by atoms with Crippen LogP contribution in [-0.2, 0) is 0 Å². The molecule has 1 fully saturated rings. The van der Waals surface area contributed by atoms with Gasteiger partial charge in [-0.1, -0.05) is 25.6 Å². The third-order valence-corrected chi connectivity index (χ3v) is 5.59. The van der Waals surface area contributed by atoms with Gasteiger partial charge in [-0.2, -0.15) is 0 Å². The molecule has 2 heterocycles. The Kier molecular flexibility index (Phi) is 5.45. The zero-order chi connectivity index (χ0) is 20.4. The minimum atomic E-state index is -0.225. The number of methoxy groups -OCH3 is 1. The van der Waals surface area contributed by atoms with Crippen LogP contribution < -0.4 is 9.64 Å². The van der Waals surface area contributed by atoms with Crippen LogP contribution in [0.2, 0.25) is 0 Å². The highest BCUT2D eigenvalue weighted by Crippen LogP contribution is 2.33. The lowest BCUT2D eigenvalue weighted by Gasteiger charge is -2.35. The van der Waals surface area contributed by atoms with Gasteiger partial charge in [0.2, 0.25) is 0 Å². The Balaban J connectivity index is 1.71. The number of benzene rings is 2. The van der Waals surface area contributed by atoms with Gasteiger partial charge in [-0.05, 0) is 24.7 Å². The van der Waals surface area contributed by atoms with Crippen molar-refractivity contribution < 1.29 is 9.13 Å². The highest BCUT2D eigenvalue weighted by Gasteiger charge is 2.19. The quantitative estimate of drug-likeness (QED) is 0.650. The van der Waals surface area contributed by atoms with Crippen LogP contribution in [0.15, 0.2) is 43.2 Å². The first-order valence-electron chi connectivity index (χ1n) is 9.87. The van der Waals surface area contributed by atoms with Crippen molar-refractivity contribution in [3.63, 3.8) is 0 Å². The molecule has 2 aromatic carbocycles. The van der Waals surface area contributed by atoms with E-state index in [0.717, 1.165) is 54.8 Å². The van der Waals surface area contributed by atoms with Crippen LogP contribution in [0.1, 0.15) is 12.5 Å². The van der Waals surface area contributed by atoms with Crippen molar-refractivity contribution in [2.75, 3.05) is 44.7 Å². The van der Waals surface area contributed by atoms with E-state index < -0.39 is 0 Å². The van der Waals surface area contributed by atoms with E-state index in [-0.39, 0.29) is 5.82 Å². The molecule has 0 spiro atoms. The highest BCUT2D eigenvalue weighted by molar-refractivity contribution is 5.95. The summed E-state index contributed by atoms with van der Waals surface area (Å²) in [6.45, 7) is 10.6. The molecule has 5 nitrogen and oxygen atoms in total. The topological polar surface area (TPSA) is 41.5 Å². The minimum Gasteiger partial charge on any atom is -0.496 e. The number of rotatable bonds is 5. The van der Waals surface area contributed by atoms with Gasteiger partial charge in [0.05, 0.1) is 24.0 Å². The summed E-state index contributed by atoms with van der Waals surface area (Å²) in [6.07, 6.45) is 3.23. The predicted octanol–water partition coefficient (Wildman–Crippen LogP) is 4.23. The SMILES string of the molecule is C=Cc1cc2c(-c3ccc(N4CCN(CC)CC4)c(F)c3)ncnc2cc1OC. The van der Waals surface area contributed by atoms with Crippen LogP contribution in [0, 0.1) is 5.82 Å². The molecule has 29 heavy (non-hydrogen) atoms. The largest absolute Gasteiger partial charge is 0.496 e. The monoisotopic (exact) mass is 392 g/mol. The lowest BCUT2D eigenvalue weighted by molar-refractivity contribution is 0.270. The summed E-state index contributed by atoms with van der Waals surface area (Å²) >= 11 is 0. The van der Waals surface area contributed by atoms with Crippen molar-refractivity contribution in [3.05, 3.63) is 54.6 Å². The Morgan fingerprint density at radius 2 is 1.93 bits per heavy atom. The lowest BCUT2D eigenvalue weighted by atomic mass is 10.0. The molecule has 3 aromatic rings. The molecule has 1 aliphatic rings. The van der Waals surface area contributed by atoms with Crippen LogP contribution in [0.3, 0.4) is 0 Å². The van der Waals surface area contributed by atoms with E-state index in [1.54, 1.807) is 19.3 Å². The maximum atomic E-state index is 15.0. The number of likely N-dealkylation sites (N-methyl/N-ethyl adjacent to an activating group) is 1. The number of nitrogens with zero attached hydrogens (tertiary/aromatic N) is 4. The molecule has 1 saturated heterocycles. The fraction of sp³-hybridized carbons (Fsp3) is 0.304. The summed E-state index contributed by atoms with van der Waals surface area (Å²) < 4.78 is 20.4. The van der Waals surface area contributed by atoms with Crippen LogP contribution in [0.25, 0.3) is 28.2 Å². The maximum Gasteiger partial charge on any atom is 0.147 e. The highest BCUT2D eigenvalue weighted by atomic mass is 19.1. The third-order valence-electron chi connectivity index (χ3n) is 5.59. The van der Waals surface area contributed by atoms with Gasteiger partial charge in [0, 0.05) is 48.8 Å². The van der Waals surface area contributed by atoms with E-state index in [2.05, 4.69) is 33.3 Å². The Labute approximate surface area is 170 Å². The number of hydrogen-bond acceptors (Lipinski definition) is 5. The van der Waals surface area contributed by atoms with Gasteiger partial charge in [-0.15, -0.1) is 0 Å². The molecule has 0 amide bonds. The molecule has 0 aliphatic carbocycles. The van der Waals surface area contributed by atoms with E-state index in [1.165, 1.54) is 6.33 Å². The van der Waals surface area contributed by atoms with Crippen LogP contribution in [0.5, 0.6) is 5.75 Å². The van der Waals surface area contributed by atoms with Crippen molar-refractivity contribution in [1.29, 1.82) is 0 Å². The first-order chi connectivity index (χ1) is 14.1. The molecule has 1 aromatic heterocycles. The summed E-state index contributed by atoms with van der Waals surface area (Å²) in [5.41, 5.74) is 3.67. The summed E-state index contributed by atoms with van der Waals surface area (Å²) in [5, 5.41) is 0.840. The van der Waals surface area contributed by atoms with E-state index in [0.29, 0.717) is 17.1 Å². The van der Waals surface area contributed by atoms with Crippen molar-refractivity contribution in [3.8, 4) is 17.0 Å². The number of anilines is 1.